The van der Waals surface area contributed by atoms with Gasteiger partial charge in [-0.25, -0.2) is 8.42 Å². The summed E-state index contributed by atoms with van der Waals surface area (Å²) in [5.74, 6) is -0.0239. The molecule has 45 heavy (non-hydrogen) atoms. The lowest BCUT2D eigenvalue weighted by atomic mass is 10.0. The van der Waals surface area contributed by atoms with Crippen molar-refractivity contribution in [3.05, 3.63) is 124 Å². The van der Waals surface area contributed by atoms with Gasteiger partial charge in [-0.05, 0) is 88.2 Å². The number of nitrogens with one attached hydrogen (secondary N) is 1. The monoisotopic (exact) mass is 739 g/mol. The highest BCUT2D eigenvalue weighted by Gasteiger charge is 2.34. The molecule has 10 heteroatoms. The molecule has 4 aromatic rings. The zero-order chi connectivity index (χ0) is 32.4. The van der Waals surface area contributed by atoms with Crippen molar-refractivity contribution in [3.63, 3.8) is 0 Å². The van der Waals surface area contributed by atoms with Gasteiger partial charge in [-0.1, -0.05) is 74.5 Å². The number of nitrogens with zero attached hydrogens (tertiary/aromatic N) is 2. The fraction of sp³-hybridized carbons (Fsp3) is 0.257. The van der Waals surface area contributed by atoms with E-state index in [0.717, 1.165) is 19.0 Å². The molecule has 0 fully saturated rings. The van der Waals surface area contributed by atoms with E-state index >= 15 is 0 Å². The van der Waals surface area contributed by atoms with Crippen molar-refractivity contribution < 1.29 is 22.7 Å². The molecular weight excluding hydrogens is 701 g/mol. The molecule has 0 saturated heterocycles. The summed E-state index contributed by atoms with van der Waals surface area (Å²) in [5, 5.41) is 3.00. The largest absolute Gasteiger partial charge is 0.497 e. The number of hydrogen-bond donors (Lipinski definition) is 1. The molecule has 0 unspecified atom stereocenters. The van der Waals surface area contributed by atoms with Crippen molar-refractivity contribution in [2.24, 2.45) is 5.92 Å². The van der Waals surface area contributed by atoms with Crippen molar-refractivity contribution in [2.75, 3.05) is 24.5 Å². The van der Waals surface area contributed by atoms with Crippen LogP contribution in [-0.2, 0) is 32.6 Å². The summed E-state index contributed by atoms with van der Waals surface area (Å²) in [6.07, 6.45) is 0.245. The second kappa shape index (κ2) is 15.9. The van der Waals surface area contributed by atoms with Crippen LogP contribution in [0, 0.1) is 9.49 Å². The third-order valence-corrected chi connectivity index (χ3v) is 9.67. The van der Waals surface area contributed by atoms with E-state index in [1.807, 2.05) is 62.4 Å². The molecule has 4 rings (SSSR count). The second-order valence-corrected chi connectivity index (χ2v) is 14.1. The maximum atomic E-state index is 14.5. The number of benzene rings is 4. The molecule has 0 aliphatic rings. The number of carbonyl (C=O) groups is 2. The Morgan fingerprint density at radius 2 is 1.47 bits per heavy atom. The molecular formula is C35H38IN3O5S. The van der Waals surface area contributed by atoms with Gasteiger partial charge in [0.25, 0.3) is 10.0 Å². The third kappa shape index (κ3) is 9.30. The van der Waals surface area contributed by atoms with Gasteiger partial charge in [0, 0.05) is 23.1 Å². The lowest BCUT2D eigenvalue weighted by molar-refractivity contribution is -0.140. The molecule has 0 bridgehead atoms. The molecule has 0 spiro atoms. The Morgan fingerprint density at radius 1 is 0.844 bits per heavy atom. The average Bonchev–Trinajstić information content (AvgIpc) is 3.05. The number of anilines is 1. The molecule has 236 valence electrons. The number of ether oxygens (including phenoxy) is 1. The maximum absolute atomic E-state index is 14.5. The van der Waals surface area contributed by atoms with E-state index in [9.17, 15) is 18.0 Å². The van der Waals surface area contributed by atoms with Crippen LogP contribution >= 0.6 is 22.6 Å². The fourth-order valence-corrected chi connectivity index (χ4v) is 6.59. The fourth-order valence-electron chi connectivity index (χ4n) is 4.80. The molecule has 0 radical (unpaired) electrons. The summed E-state index contributed by atoms with van der Waals surface area (Å²) in [6, 6.07) is 30.8. The molecule has 0 saturated carbocycles. The number of hydrogen-bond acceptors (Lipinski definition) is 5. The van der Waals surface area contributed by atoms with Crippen molar-refractivity contribution in [1.82, 2.24) is 10.2 Å². The standard InChI is InChI=1S/C35H38IN3O5S/c1-26(2)23-37-35(41)33(22-27-11-6-4-7-12-27)38(24-28-13-10-14-31(21-28)44-3)34(40)25-39(30-19-17-29(36)18-20-30)45(42,43)32-15-8-5-9-16-32/h4-21,26,33H,22-25H2,1-3H3,(H,37,41)/t33-/m0/s1. The minimum Gasteiger partial charge on any atom is -0.497 e. The summed E-state index contributed by atoms with van der Waals surface area (Å²) >= 11 is 2.15. The van der Waals surface area contributed by atoms with Crippen LogP contribution < -0.4 is 14.4 Å². The summed E-state index contributed by atoms with van der Waals surface area (Å²) in [7, 11) is -2.58. The number of amides is 2. The molecule has 0 heterocycles. The van der Waals surface area contributed by atoms with Gasteiger partial charge in [-0.3, -0.25) is 13.9 Å². The van der Waals surface area contributed by atoms with Crippen LogP contribution in [0.4, 0.5) is 5.69 Å². The zero-order valence-electron chi connectivity index (χ0n) is 25.6. The molecule has 1 atom stereocenters. The van der Waals surface area contributed by atoms with Crippen molar-refractivity contribution >= 4 is 50.1 Å². The first-order valence-corrected chi connectivity index (χ1v) is 17.2. The van der Waals surface area contributed by atoms with Gasteiger partial charge in [-0.15, -0.1) is 0 Å². The molecule has 1 N–H and O–H groups in total. The van der Waals surface area contributed by atoms with Gasteiger partial charge in [0.05, 0.1) is 17.7 Å². The smallest absolute Gasteiger partial charge is 0.264 e. The number of methoxy groups -OCH3 is 1. The molecule has 2 amide bonds. The van der Waals surface area contributed by atoms with Gasteiger partial charge in [0.2, 0.25) is 11.8 Å². The van der Waals surface area contributed by atoms with Crippen molar-refractivity contribution in [3.8, 4) is 5.75 Å². The van der Waals surface area contributed by atoms with Crippen LogP contribution in [0.3, 0.4) is 0 Å². The molecule has 4 aromatic carbocycles. The Balaban J connectivity index is 1.80. The topological polar surface area (TPSA) is 96.0 Å². The van der Waals surface area contributed by atoms with Crippen LogP contribution in [0.2, 0.25) is 0 Å². The van der Waals surface area contributed by atoms with E-state index < -0.39 is 28.5 Å². The summed E-state index contributed by atoms with van der Waals surface area (Å²) < 4.78 is 35.6. The van der Waals surface area contributed by atoms with Gasteiger partial charge >= 0.3 is 0 Å². The zero-order valence-corrected chi connectivity index (χ0v) is 28.6. The molecule has 0 aliphatic heterocycles. The lowest BCUT2D eigenvalue weighted by Gasteiger charge is -2.34. The van der Waals surface area contributed by atoms with E-state index in [2.05, 4.69) is 27.9 Å². The maximum Gasteiger partial charge on any atom is 0.264 e. The van der Waals surface area contributed by atoms with Crippen LogP contribution in [0.1, 0.15) is 25.0 Å². The molecule has 0 aromatic heterocycles. The highest BCUT2D eigenvalue weighted by Crippen LogP contribution is 2.26. The molecule has 0 aliphatic carbocycles. The number of halogens is 1. The predicted molar refractivity (Wildman–Crippen MR) is 185 cm³/mol. The number of rotatable bonds is 14. The van der Waals surface area contributed by atoms with Gasteiger partial charge in [0.15, 0.2) is 0 Å². The third-order valence-electron chi connectivity index (χ3n) is 7.17. The Bertz CT molecular complexity index is 1670. The highest BCUT2D eigenvalue weighted by atomic mass is 127. The van der Waals surface area contributed by atoms with Crippen molar-refractivity contribution in [1.29, 1.82) is 0 Å². The summed E-state index contributed by atoms with van der Waals surface area (Å²) in [4.78, 5) is 29.9. The van der Waals surface area contributed by atoms with Crippen LogP contribution in [0.15, 0.2) is 114 Å². The Labute approximate surface area is 279 Å². The number of sulfonamides is 1. The number of carbonyl (C=O) groups excluding carboxylic acids is 2. The van der Waals surface area contributed by atoms with Crippen LogP contribution in [-0.4, -0.2) is 51.4 Å². The average molecular weight is 740 g/mol. The Hall–Kier alpha value is -3.90. The Kier molecular flexibility index (Phi) is 12.0. The van der Waals surface area contributed by atoms with E-state index in [1.165, 1.54) is 17.0 Å². The van der Waals surface area contributed by atoms with E-state index in [4.69, 9.17) is 4.74 Å². The van der Waals surface area contributed by atoms with E-state index in [1.54, 1.807) is 55.6 Å². The first kappa shape index (κ1) is 34.0. The van der Waals surface area contributed by atoms with Gasteiger partial charge < -0.3 is 15.0 Å². The van der Waals surface area contributed by atoms with Crippen LogP contribution in [0.5, 0.6) is 5.75 Å². The van der Waals surface area contributed by atoms with Gasteiger partial charge in [-0.2, -0.15) is 0 Å². The highest BCUT2D eigenvalue weighted by molar-refractivity contribution is 14.1. The minimum atomic E-state index is -4.14. The van der Waals surface area contributed by atoms with Crippen LogP contribution in [0.25, 0.3) is 0 Å². The first-order chi connectivity index (χ1) is 21.6. The summed E-state index contributed by atoms with van der Waals surface area (Å²) in [6.45, 7) is 3.99. The second-order valence-electron chi connectivity index (χ2n) is 11.0. The normalized spacial score (nSPS) is 11.9. The quantitative estimate of drug-likeness (QED) is 0.163. The Morgan fingerprint density at radius 3 is 2.09 bits per heavy atom. The van der Waals surface area contributed by atoms with Gasteiger partial charge in [0.1, 0.15) is 18.3 Å². The minimum absolute atomic E-state index is 0.0613. The predicted octanol–water partition coefficient (Wildman–Crippen LogP) is 5.91. The SMILES string of the molecule is COc1cccc(CN(C(=O)CN(c2ccc(I)cc2)S(=O)(=O)c2ccccc2)[C@@H](Cc2ccccc2)C(=O)NCC(C)C)c1. The van der Waals surface area contributed by atoms with E-state index in [-0.39, 0.29) is 29.7 Å². The molecule has 8 nitrogen and oxygen atoms in total. The lowest BCUT2D eigenvalue weighted by Crippen LogP contribution is -2.53. The van der Waals surface area contributed by atoms with Crippen molar-refractivity contribution in [2.45, 2.75) is 37.8 Å². The van der Waals surface area contributed by atoms with E-state index in [0.29, 0.717) is 18.0 Å². The first-order valence-electron chi connectivity index (χ1n) is 14.7. The summed E-state index contributed by atoms with van der Waals surface area (Å²) in [5.41, 5.74) is 1.96.